The number of carbonyl (C=O) groups is 1. The molecule has 0 saturated carbocycles. The highest BCUT2D eigenvalue weighted by Gasteiger charge is 2.15. The molecule has 0 aliphatic rings. The molecule has 5 nitrogen and oxygen atoms in total. The van der Waals surface area contributed by atoms with E-state index in [1.165, 1.54) is 7.11 Å². The number of hydrogen-bond donors (Lipinski definition) is 1. The average Bonchev–Trinajstić information content (AvgIpc) is 2.48. The summed E-state index contributed by atoms with van der Waals surface area (Å²) in [7, 11) is 1.52. The third-order valence-electron chi connectivity index (χ3n) is 2.71. The zero-order valence-electron chi connectivity index (χ0n) is 11.7. The standard InChI is InChI=1S/C15H15ClN2O3/c1-3-21-15-11(5-4-8-17-15)14(19)18-12-9-10(16)6-7-13(12)20-2/h4-9H,3H2,1-2H3,(H,18,19). The predicted octanol–water partition coefficient (Wildman–Crippen LogP) is 3.39. The van der Waals surface area contributed by atoms with Gasteiger partial charge in [-0.25, -0.2) is 4.98 Å². The maximum Gasteiger partial charge on any atom is 0.261 e. The monoisotopic (exact) mass is 306 g/mol. The van der Waals surface area contributed by atoms with Gasteiger partial charge in [-0.15, -0.1) is 0 Å². The molecule has 0 bridgehead atoms. The fraction of sp³-hybridized carbons (Fsp3) is 0.200. The van der Waals surface area contributed by atoms with Crippen LogP contribution in [-0.2, 0) is 0 Å². The summed E-state index contributed by atoms with van der Waals surface area (Å²) in [5, 5.41) is 3.25. The van der Waals surface area contributed by atoms with Gasteiger partial charge in [-0.1, -0.05) is 11.6 Å². The molecule has 1 aromatic carbocycles. The van der Waals surface area contributed by atoms with Crippen LogP contribution < -0.4 is 14.8 Å². The number of nitrogens with zero attached hydrogens (tertiary/aromatic N) is 1. The Hall–Kier alpha value is -2.27. The molecular weight excluding hydrogens is 292 g/mol. The number of nitrogens with one attached hydrogen (secondary N) is 1. The Bertz CT molecular complexity index is 647. The number of halogens is 1. The third-order valence-corrected chi connectivity index (χ3v) is 2.94. The van der Waals surface area contributed by atoms with E-state index in [1.807, 2.05) is 6.92 Å². The second-order valence-corrected chi connectivity index (χ2v) is 4.52. The fourth-order valence-electron chi connectivity index (χ4n) is 1.78. The zero-order valence-corrected chi connectivity index (χ0v) is 12.5. The maximum absolute atomic E-state index is 12.4. The molecule has 0 spiro atoms. The number of carbonyl (C=O) groups excluding carboxylic acids is 1. The molecule has 2 aromatic rings. The molecule has 0 atom stereocenters. The second-order valence-electron chi connectivity index (χ2n) is 4.09. The molecule has 1 aromatic heterocycles. The van der Waals surface area contributed by atoms with Crippen LogP contribution >= 0.6 is 11.6 Å². The molecule has 0 fully saturated rings. The first-order valence-electron chi connectivity index (χ1n) is 6.38. The van der Waals surface area contributed by atoms with Gasteiger partial charge >= 0.3 is 0 Å². The summed E-state index contributed by atoms with van der Waals surface area (Å²) in [6.45, 7) is 2.26. The summed E-state index contributed by atoms with van der Waals surface area (Å²) in [6.07, 6.45) is 1.57. The second kappa shape index (κ2) is 6.95. The van der Waals surface area contributed by atoms with Crippen molar-refractivity contribution < 1.29 is 14.3 Å². The van der Waals surface area contributed by atoms with Gasteiger partial charge in [0.25, 0.3) is 5.91 Å². The van der Waals surface area contributed by atoms with Crippen molar-refractivity contribution in [2.45, 2.75) is 6.92 Å². The number of anilines is 1. The van der Waals surface area contributed by atoms with Crippen molar-refractivity contribution in [3.8, 4) is 11.6 Å². The lowest BCUT2D eigenvalue weighted by Crippen LogP contribution is -2.15. The first-order chi connectivity index (χ1) is 10.2. The van der Waals surface area contributed by atoms with Crippen LogP contribution in [0.5, 0.6) is 11.6 Å². The van der Waals surface area contributed by atoms with Crippen molar-refractivity contribution in [2.75, 3.05) is 19.0 Å². The first kappa shape index (κ1) is 15.1. The molecule has 1 amide bonds. The molecule has 0 saturated heterocycles. The number of rotatable bonds is 5. The number of ether oxygens (including phenoxy) is 2. The topological polar surface area (TPSA) is 60.5 Å². The molecule has 0 aliphatic carbocycles. The van der Waals surface area contributed by atoms with E-state index in [2.05, 4.69) is 10.3 Å². The highest BCUT2D eigenvalue weighted by Crippen LogP contribution is 2.28. The lowest BCUT2D eigenvalue weighted by Gasteiger charge is -2.12. The Morgan fingerprint density at radius 1 is 1.38 bits per heavy atom. The van der Waals surface area contributed by atoms with Crippen LogP contribution in [0.1, 0.15) is 17.3 Å². The lowest BCUT2D eigenvalue weighted by atomic mass is 10.2. The molecule has 0 radical (unpaired) electrons. The zero-order chi connectivity index (χ0) is 15.2. The van der Waals surface area contributed by atoms with Crippen LogP contribution in [0.3, 0.4) is 0 Å². The van der Waals surface area contributed by atoms with Crippen LogP contribution in [0.4, 0.5) is 5.69 Å². The van der Waals surface area contributed by atoms with Crippen LogP contribution in [0, 0.1) is 0 Å². The van der Waals surface area contributed by atoms with Crippen LogP contribution in [0.2, 0.25) is 5.02 Å². The normalized spacial score (nSPS) is 10.0. The van der Waals surface area contributed by atoms with Gasteiger partial charge in [-0.3, -0.25) is 4.79 Å². The average molecular weight is 307 g/mol. The Morgan fingerprint density at radius 3 is 2.90 bits per heavy atom. The minimum Gasteiger partial charge on any atom is -0.495 e. The highest BCUT2D eigenvalue weighted by molar-refractivity contribution is 6.31. The maximum atomic E-state index is 12.4. The Kier molecular flexibility index (Phi) is 5.00. The fourth-order valence-corrected chi connectivity index (χ4v) is 1.96. The van der Waals surface area contributed by atoms with Gasteiger partial charge in [0.15, 0.2) is 0 Å². The molecule has 21 heavy (non-hydrogen) atoms. The molecular formula is C15H15ClN2O3. The summed E-state index contributed by atoms with van der Waals surface area (Å²) in [5.41, 5.74) is 0.836. The molecule has 1 N–H and O–H groups in total. The van der Waals surface area contributed by atoms with E-state index in [0.29, 0.717) is 34.5 Å². The van der Waals surface area contributed by atoms with Gasteiger partial charge in [0.1, 0.15) is 11.3 Å². The largest absolute Gasteiger partial charge is 0.495 e. The van der Waals surface area contributed by atoms with E-state index in [9.17, 15) is 4.79 Å². The van der Waals surface area contributed by atoms with Crippen LogP contribution in [-0.4, -0.2) is 24.6 Å². The van der Waals surface area contributed by atoms with Crippen LogP contribution in [0.25, 0.3) is 0 Å². The van der Waals surface area contributed by atoms with E-state index >= 15 is 0 Å². The Morgan fingerprint density at radius 2 is 2.19 bits per heavy atom. The van der Waals surface area contributed by atoms with E-state index in [-0.39, 0.29) is 5.91 Å². The van der Waals surface area contributed by atoms with Gasteiger partial charge < -0.3 is 14.8 Å². The van der Waals surface area contributed by atoms with Crippen molar-refractivity contribution in [3.05, 3.63) is 47.1 Å². The summed E-state index contributed by atoms with van der Waals surface area (Å²) in [4.78, 5) is 16.4. The third kappa shape index (κ3) is 3.64. The molecule has 1 heterocycles. The molecule has 110 valence electrons. The minimum atomic E-state index is -0.341. The van der Waals surface area contributed by atoms with Gasteiger partial charge in [-0.05, 0) is 37.3 Å². The number of hydrogen-bond acceptors (Lipinski definition) is 4. The molecule has 2 rings (SSSR count). The first-order valence-corrected chi connectivity index (χ1v) is 6.76. The number of benzene rings is 1. The van der Waals surface area contributed by atoms with Gasteiger partial charge in [0, 0.05) is 11.2 Å². The summed E-state index contributed by atoms with van der Waals surface area (Å²) in [6, 6.07) is 8.31. The lowest BCUT2D eigenvalue weighted by molar-refractivity contribution is 0.102. The SMILES string of the molecule is CCOc1ncccc1C(=O)Nc1cc(Cl)ccc1OC. The van der Waals surface area contributed by atoms with Gasteiger partial charge in [0.2, 0.25) is 5.88 Å². The summed E-state index contributed by atoms with van der Waals surface area (Å²) >= 11 is 5.94. The number of pyridine rings is 1. The quantitative estimate of drug-likeness (QED) is 0.919. The van der Waals surface area contributed by atoms with Crippen LogP contribution in [0.15, 0.2) is 36.5 Å². The molecule has 0 aliphatic heterocycles. The van der Waals surface area contributed by atoms with Crippen molar-refractivity contribution in [1.82, 2.24) is 4.98 Å². The van der Waals surface area contributed by atoms with E-state index in [0.717, 1.165) is 0 Å². The van der Waals surface area contributed by atoms with Crippen molar-refractivity contribution in [1.29, 1.82) is 0 Å². The van der Waals surface area contributed by atoms with E-state index in [1.54, 1.807) is 36.5 Å². The summed E-state index contributed by atoms with van der Waals surface area (Å²) < 4.78 is 10.5. The van der Waals surface area contributed by atoms with Crippen molar-refractivity contribution in [2.24, 2.45) is 0 Å². The number of aromatic nitrogens is 1. The van der Waals surface area contributed by atoms with Gasteiger partial charge in [-0.2, -0.15) is 0 Å². The van der Waals surface area contributed by atoms with Crippen molar-refractivity contribution >= 4 is 23.2 Å². The summed E-state index contributed by atoms with van der Waals surface area (Å²) in [5.74, 6) is 0.472. The van der Waals surface area contributed by atoms with E-state index in [4.69, 9.17) is 21.1 Å². The van der Waals surface area contributed by atoms with Gasteiger partial charge in [0.05, 0.1) is 19.4 Å². The Balaban J connectivity index is 2.28. The predicted molar refractivity (Wildman–Crippen MR) is 81.4 cm³/mol. The smallest absolute Gasteiger partial charge is 0.261 e. The Labute approximate surface area is 127 Å². The van der Waals surface area contributed by atoms with E-state index < -0.39 is 0 Å². The number of amides is 1. The van der Waals surface area contributed by atoms with Crippen molar-refractivity contribution in [3.63, 3.8) is 0 Å². The molecule has 0 unspecified atom stereocenters. The molecule has 6 heteroatoms. The minimum absolute atomic E-state index is 0.290. The highest BCUT2D eigenvalue weighted by atomic mass is 35.5. The number of methoxy groups -OCH3 is 1.